The second-order valence-electron chi connectivity index (χ2n) is 2.04. The maximum atomic E-state index is 12.3. The van der Waals surface area contributed by atoms with Crippen molar-refractivity contribution in [1.82, 2.24) is 0 Å². The molecule has 0 spiro atoms. The van der Waals surface area contributed by atoms with Crippen LogP contribution in [0.2, 0.25) is 0 Å². The minimum Gasteiger partial charge on any atom is -0.498 e. The summed E-state index contributed by atoms with van der Waals surface area (Å²) in [6.45, 7) is 0. The van der Waals surface area contributed by atoms with Gasteiger partial charge < -0.3 is 5.21 Å². The number of carbonyl (C=O) groups excluding carboxylic acids is 1. The van der Waals surface area contributed by atoms with Gasteiger partial charge in [-0.1, -0.05) is 0 Å². The molecule has 0 N–H and O–H groups in total. The molecule has 3 nitrogen and oxygen atoms in total. The number of carbonyl (C=O) groups is 1. The van der Waals surface area contributed by atoms with Crippen LogP contribution in [0.25, 0.3) is 5.01 Å². The lowest BCUT2D eigenvalue weighted by Crippen LogP contribution is -1.93. The molecule has 4 heteroatoms. The molecule has 0 heterocycles. The number of rotatable bonds is 1. The molecule has 0 fully saturated rings. The van der Waals surface area contributed by atoms with Gasteiger partial charge in [-0.2, -0.15) is 0 Å². The molecule has 0 aromatic heterocycles. The summed E-state index contributed by atoms with van der Waals surface area (Å²) in [5.41, 5.74) is 0.191. The number of halogens is 1. The van der Waals surface area contributed by atoms with Crippen LogP contribution < -0.4 is 0 Å². The maximum absolute atomic E-state index is 12.3. The third kappa shape index (κ3) is 1.80. The van der Waals surface area contributed by atoms with Gasteiger partial charge in [0.1, 0.15) is 5.82 Å². The zero-order valence-electron chi connectivity index (χ0n) is 5.95. The first-order chi connectivity index (χ1) is 5.74. The summed E-state index contributed by atoms with van der Waals surface area (Å²) in [7, 11) is 0. The van der Waals surface area contributed by atoms with Crippen molar-refractivity contribution in [2.45, 2.75) is 0 Å². The first-order valence-electron chi connectivity index (χ1n) is 3.12. The van der Waals surface area contributed by atoms with Crippen molar-refractivity contribution in [2.75, 3.05) is 0 Å². The van der Waals surface area contributed by atoms with Crippen LogP contribution in [-0.2, 0) is 0 Å². The highest BCUT2D eigenvalue weighted by Crippen LogP contribution is 2.02. The Morgan fingerprint density at radius 2 is 2.00 bits per heavy atom. The molecule has 0 saturated carbocycles. The van der Waals surface area contributed by atoms with Gasteiger partial charge in [0.15, 0.2) is 0 Å². The van der Waals surface area contributed by atoms with E-state index in [4.69, 9.17) is 0 Å². The smallest absolute Gasteiger partial charge is 0.381 e. The van der Waals surface area contributed by atoms with Crippen LogP contribution in [0.3, 0.4) is 0 Å². The van der Waals surface area contributed by atoms with Crippen LogP contribution >= 0.6 is 0 Å². The van der Waals surface area contributed by atoms with Crippen LogP contribution in [0.15, 0.2) is 24.3 Å². The third-order valence-corrected chi connectivity index (χ3v) is 1.25. The Balaban J connectivity index is 2.95. The summed E-state index contributed by atoms with van der Waals surface area (Å²) in [5, 5.41) is 11.8. The Kier molecular flexibility index (Phi) is 2.38. The Morgan fingerprint density at radius 3 is 2.50 bits per heavy atom. The van der Waals surface area contributed by atoms with Gasteiger partial charge in [-0.05, 0) is 24.3 Å². The summed E-state index contributed by atoms with van der Waals surface area (Å²) >= 11 is 0. The molecule has 60 valence electrons. The highest BCUT2D eigenvalue weighted by atomic mass is 19.1. The fourth-order valence-corrected chi connectivity index (χ4v) is 0.707. The van der Waals surface area contributed by atoms with E-state index >= 15 is 0 Å². The summed E-state index contributed by atoms with van der Waals surface area (Å²) < 4.78 is 12.3. The first-order valence-corrected chi connectivity index (χ1v) is 3.12. The zero-order valence-corrected chi connectivity index (χ0v) is 5.95. The van der Waals surface area contributed by atoms with E-state index in [-0.39, 0.29) is 5.56 Å². The van der Waals surface area contributed by atoms with E-state index in [2.05, 4.69) is 5.01 Å². The molecule has 0 radical (unpaired) electrons. The Bertz CT molecular complexity index is 348. The zero-order chi connectivity index (χ0) is 8.97. The SMILES string of the molecule is O=C(C#[N+][O-])c1ccc(F)cc1. The standard InChI is InChI=1S/C8H4FNO2/c9-7-3-1-6(2-4-7)8(11)5-10-12/h1-4H. The predicted octanol–water partition coefficient (Wildman–Crippen LogP) is 1.84. The minimum atomic E-state index is -0.648. The molecule has 0 atom stereocenters. The van der Waals surface area contributed by atoms with Gasteiger partial charge >= 0.3 is 11.9 Å². The highest BCUT2D eigenvalue weighted by Gasteiger charge is 2.07. The number of Topliss-reactive ketones (excluding diaryl/α,β-unsaturated/α-hetero) is 1. The lowest BCUT2D eigenvalue weighted by atomic mass is 10.1. The average Bonchev–Trinajstić information content (AvgIpc) is 2.06. The molecule has 0 aliphatic rings. The van der Waals surface area contributed by atoms with Crippen LogP contribution in [0.4, 0.5) is 4.39 Å². The van der Waals surface area contributed by atoms with Gasteiger partial charge in [0.25, 0.3) is 0 Å². The molecule has 0 saturated heterocycles. The van der Waals surface area contributed by atoms with Crippen molar-refractivity contribution in [1.29, 1.82) is 0 Å². The summed E-state index contributed by atoms with van der Waals surface area (Å²) in [5.74, 6) is -1.09. The van der Waals surface area contributed by atoms with Crippen molar-refractivity contribution in [3.63, 3.8) is 0 Å². The van der Waals surface area contributed by atoms with Gasteiger partial charge in [0.05, 0.1) is 0 Å². The van der Waals surface area contributed by atoms with Gasteiger partial charge in [-0.25, -0.2) is 4.39 Å². The van der Waals surface area contributed by atoms with Crippen molar-refractivity contribution >= 4 is 5.78 Å². The molecular weight excluding hydrogens is 161 g/mol. The number of hydrogen-bond donors (Lipinski definition) is 0. The van der Waals surface area contributed by atoms with E-state index in [0.717, 1.165) is 12.1 Å². The molecule has 12 heavy (non-hydrogen) atoms. The average molecular weight is 165 g/mol. The lowest BCUT2D eigenvalue weighted by molar-refractivity contribution is 0.105. The van der Waals surface area contributed by atoms with Gasteiger partial charge in [-0.3, -0.25) is 4.79 Å². The molecule has 0 bridgehead atoms. The van der Waals surface area contributed by atoms with E-state index < -0.39 is 11.6 Å². The molecule has 0 aliphatic heterocycles. The van der Waals surface area contributed by atoms with Crippen LogP contribution in [0.1, 0.15) is 10.4 Å². The van der Waals surface area contributed by atoms with E-state index in [9.17, 15) is 14.4 Å². The monoisotopic (exact) mass is 165 g/mol. The summed E-state index contributed by atoms with van der Waals surface area (Å²) in [4.78, 5) is 10.8. The third-order valence-electron chi connectivity index (χ3n) is 1.25. The van der Waals surface area contributed by atoms with E-state index in [1.54, 1.807) is 6.07 Å². The van der Waals surface area contributed by atoms with Crippen molar-refractivity contribution in [2.24, 2.45) is 0 Å². The van der Waals surface area contributed by atoms with E-state index in [1.807, 2.05) is 0 Å². The predicted molar refractivity (Wildman–Crippen MR) is 41.3 cm³/mol. The minimum absolute atomic E-state index is 0.191. The number of benzene rings is 1. The van der Waals surface area contributed by atoms with Gasteiger partial charge in [0.2, 0.25) is 0 Å². The molecule has 0 amide bonds. The Hall–Kier alpha value is -1.89. The van der Waals surface area contributed by atoms with Crippen molar-refractivity contribution in [3.8, 4) is 6.07 Å². The topological polar surface area (TPSA) is 44.5 Å². The molecule has 1 aromatic carbocycles. The maximum Gasteiger partial charge on any atom is 0.381 e. The molecule has 1 rings (SSSR count). The van der Waals surface area contributed by atoms with Crippen molar-refractivity contribution in [3.05, 3.63) is 45.9 Å². The number of ketones is 1. The van der Waals surface area contributed by atoms with Crippen LogP contribution in [0.5, 0.6) is 0 Å². The summed E-state index contributed by atoms with van der Waals surface area (Å²) in [6.07, 6.45) is 0. The van der Waals surface area contributed by atoms with Gasteiger partial charge in [0, 0.05) is 10.6 Å². The normalized spacial score (nSPS) is 8.42. The number of nitrogens with zero attached hydrogens (tertiary/aromatic N) is 1. The number of hydrogen-bond acceptors (Lipinski definition) is 2. The van der Waals surface area contributed by atoms with Crippen LogP contribution in [0, 0.1) is 17.1 Å². The first kappa shape index (κ1) is 8.21. The Morgan fingerprint density at radius 1 is 1.42 bits per heavy atom. The second kappa shape index (κ2) is 3.49. The second-order valence-corrected chi connectivity index (χ2v) is 2.04. The van der Waals surface area contributed by atoms with Gasteiger partial charge in [-0.15, -0.1) is 0 Å². The quantitative estimate of drug-likeness (QED) is 0.362. The fraction of sp³-hybridized carbons (Fsp3) is 0. The molecule has 1 aromatic rings. The summed E-state index contributed by atoms with van der Waals surface area (Å²) in [6, 6.07) is 6.46. The molecular formula is C8H4FNO2. The molecule has 0 unspecified atom stereocenters. The fourth-order valence-electron chi connectivity index (χ4n) is 0.707. The van der Waals surface area contributed by atoms with Crippen LogP contribution in [-0.4, -0.2) is 5.78 Å². The van der Waals surface area contributed by atoms with Crippen molar-refractivity contribution < 1.29 is 9.18 Å². The van der Waals surface area contributed by atoms with E-state index in [1.165, 1.54) is 12.1 Å². The highest BCUT2D eigenvalue weighted by molar-refractivity contribution is 6.08. The lowest BCUT2D eigenvalue weighted by Gasteiger charge is -1.88. The largest absolute Gasteiger partial charge is 0.498 e. The molecule has 0 aliphatic carbocycles. The van der Waals surface area contributed by atoms with E-state index in [0.29, 0.717) is 0 Å². The Labute approximate surface area is 67.8 Å².